The average Bonchev–Trinajstić information content (AvgIpc) is 2.77. The molecule has 0 saturated heterocycles. The highest BCUT2D eigenvalue weighted by atomic mass is 32.1. The Balaban J connectivity index is 2.25. The second-order valence-electron chi connectivity index (χ2n) is 4.01. The van der Waals surface area contributed by atoms with E-state index in [1.54, 1.807) is 11.3 Å². The zero-order valence-corrected chi connectivity index (χ0v) is 11.3. The monoisotopic (exact) mass is 255 g/mol. The Morgan fingerprint density at radius 3 is 2.94 bits per heavy atom. The second kappa shape index (κ2) is 7.40. The van der Waals surface area contributed by atoms with Crippen LogP contribution in [0, 0.1) is 0 Å². The summed E-state index contributed by atoms with van der Waals surface area (Å²) in [7, 11) is 0. The zero-order valence-electron chi connectivity index (χ0n) is 10.5. The van der Waals surface area contributed by atoms with E-state index in [0.29, 0.717) is 6.54 Å². The van der Waals surface area contributed by atoms with Crippen LogP contribution >= 0.6 is 11.3 Å². The Labute approximate surface area is 107 Å². The van der Waals surface area contributed by atoms with E-state index in [9.17, 15) is 4.79 Å². The van der Waals surface area contributed by atoms with Crippen LogP contribution in [0.15, 0.2) is 6.20 Å². The van der Waals surface area contributed by atoms with Gasteiger partial charge in [-0.25, -0.2) is 4.98 Å². The van der Waals surface area contributed by atoms with Gasteiger partial charge in [0.05, 0.1) is 11.0 Å². The van der Waals surface area contributed by atoms with Gasteiger partial charge in [0.1, 0.15) is 0 Å². The number of rotatable bonds is 7. The maximum Gasteiger partial charge on any atom is 0.236 e. The molecule has 1 atom stereocenters. The van der Waals surface area contributed by atoms with Gasteiger partial charge in [0, 0.05) is 24.0 Å². The van der Waals surface area contributed by atoms with Gasteiger partial charge in [0.15, 0.2) is 0 Å². The first kappa shape index (κ1) is 14.1. The fourth-order valence-electron chi connectivity index (χ4n) is 1.49. The molecular formula is C12H21N3OS. The molecule has 4 nitrogen and oxygen atoms in total. The highest BCUT2D eigenvalue weighted by molar-refractivity contribution is 7.11. The maximum absolute atomic E-state index is 11.5. The zero-order chi connectivity index (χ0) is 12.7. The van der Waals surface area contributed by atoms with Gasteiger partial charge in [-0.15, -0.1) is 11.3 Å². The minimum atomic E-state index is -0.373. The summed E-state index contributed by atoms with van der Waals surface area (Å²) in [6.45, 7) is 4.75. The minimum absolute atomic E-state index is 0.0564. The Hall–Kier alpha value is -0.940. The van der Waals surface area contributed by atoms with E-state index in [2.05, 4.69) is 17.2 Å². The predicted molar refractivity (Wildman–Crippen MR) is 71.1 cm³/mol. The number of hydrogen-bond acceptors (Lipinski definition) is 4. The van der Waals surface area contributed by atoms with Crippen molar-refractivity contribution in [2.75, 3.05) is 6.54 Å². The molecule has 1 unspecified atom stereocenters. The number of carbonyl (C=O) groups is 1. The lowest BCUT2D eigenvalue weighted by Gasteiger charge is -2.10. The van der Waals surface area contributed by atoms with Crippen molar-refractivity contribution in [3.05, 3.63) is 16.1 Å². The van der Waals surface area contributed by atoms with E-state index in [1.807, 2.05) is 13.1 Å². The van der Waals surface area contributed by atoms with Crippen molar-refractivity contribution in [2.45, 2.75) is 45.6 Å². The summed E-state index contributed by atoms with van der Waals surface area (Å²) in [6, 6.07) is -0.373. The third kappa shape index (κ3) is 4.83. The Morgan fingerprint density at radius 1 is 1.59 bits per heavy atom. The number of hydrogen-bond donors (Lipinski definition) is 2. The quantitative estimate of drug-likeness (QED) is 0.775. The normalized spacial score (nSPS) is 12.4. The molecule has 0 radical (unpaired) electrons. The van der Waals surface area contributed by atoms with Gasteiger partial charge < -0.3 is 11.1 Å². The van der Waals surface area contributed by atoms with Crippen LogP contribution in [-0.2, 0) is 17.6 Å². The van der Waals surface area contributed by atoms with E-state index in [-0.39, 0.29) is 11.9 Å². The van der Waals surface area contributed by atoms with E-state index in [0.717, 1.165) is 30.7 Å². The van der Waals surface area contributed by atoms with Crippen LogP contribution in [-0.4, -0.2) is 23.5 Å². The van der Waals surface area contributed by atoms with Gasteiger partial charge in [0.25, 0.3) is 0 Å². The van der Waals surface area contributed by atoms with Crippen molar-refractivity contribution < 1.29 is 4.79 Å². The Morgan fingerprint density at radius 2 is 2.35 bits per heavy atom. The van der Waals surface area contributed by atoms with Crippen LogP contribution in [0.4, 0.5) is 0 Å². The maximum atomic E-state index is 11.5. The number of nitrogens with one attached hydrogen (secondary N) is 1. The van der Waals surface area contributed by atoms with Gasteiger partial charge in [-0.05, 0) is 12.8 Å². The lowest BCUT2D eigenvalue weighted by Crippen LogP contribution is -2.41. The molecule has 96 valence electrons. The van der Waals surface area contributed by atoms with Crippen LogP contribution in [0.2, 0.25) is 0 Å². The van der Waals surface area contributed by atoms with Crippen molar-refractivity contribution >= 4 is 17.2 Å². The van der Waals surface area contributed by atoms with E-state index in [1.165, 1.54) is 4.88 Å². The fraction of sp³-hybridized carbons (Fsp3) is 0.667. The molecule has 0 aromatic carbocycles. The molecule has 3 N–H and O–H groups in total. The molecule has 1 aromatic rings. The first-order valence-corrected chi connectivity index (χ1v) is 6.95. The first-order valence-electron chi connectivity index (χ1n) is 6.14. The molecule has 0 fully saturated rings. The van der Waals surface area contributed by atoms with E-state index < -0.39 is 0 Å². The van der Waals surface area contributed by atoms with Gasteiger partial charge >= 0.3 is 0 Å². The van der Waals surface area contributed by atoms with Crippen molar-refractivity contribution in [2.24, 2.45) is 5.73 Å². The van der Waals surface area contributed by atoms with Crippen LogP contribution < -0.4 is 11.1 Å². The average molecular weight is 255 g/mol. The largest absolute Gasteiger partial charge is 0.354 e. The number of nitrogens with zero attached hydrogens (tertiary/aromatic N) is 1. The smallest absolute Gasteiger partial charge is 0.236 e. The molecule has 0 saturated carbocycles. The van der Waals surface area contributed by atoms with Gasteiger partial charge in [-0.2, -0.15) is 0 Å². The molecule has 1 rings (SSSR count). The summed E-state index contributed by atoms with van der Waals surface area (Å²) in [5, 5.41) is 3.92. The predicted octanol–water partition coefficient (Wildman–Crippen LogP) is 1.49. The van der Waals surface area contributed by atoms with Crippen molar-refractivity contribution in [1.82, 2.24) is 10.3 Å². The van der Waals surface area contributed by atoms with Gasteiger partial charge in [-0.1, -0.05) is 20.3 Å². The molecule has 0 spiro atoms. The molecule has 1 heterocycles. The number of carbonyl (C=O) groups excluding carboxylic acids is 1. The highest BCUT2D eigenvalue weighted by Crippen LogP contribution is 2.13. The number of thiazole rings is 1. The topological polar surface area (TPSA) is 68.0 Å². The van der Waals surface area contributed by atoms with Crippen LogP contribution in [0.5, 0.6) is 0 Å². The molecular weight excluding hydrogens is 234 g/mol. The number of aryl methyl sites for hydroxylation is 1. The van der Waals surface area contributed by atoms with E-state index >= 15 is 0 Å². The fourth-order valence-corrected chi connectivity index (χ4v) is 2.35. The Bertz CT molecular complexity index is 351. The molecule has 1 amide bonds. The lowest BCUT2D eigenvalue weighted by atomic mass is 10.2. The van der Waals surface area contributed by atoms with Gasteiger partial charge in [-0.3, -0.25) is 4.79 Å². The Kier molecular flexibility index (Phi) is 6.15. The molecule has 0 aliphatic rings. The van der Waals surface area contributed by atoms with Crippen molar-refractivity contribution in [3.8, 4) is 0 Å². The minimum Gasteiger partial charge on any atom is -0.354 e. The summed E-state index contributed by atoms with van der Waals surface area (Å²) in [5.41, 5.74) is 5.71. The summed E-state index contributed by atoms with van der Waals surface area (Å²) in [6.07, 6.45) is 5.38. The third-order valence-corrected chi connectivity index (χ3v) is 3.73. The molecule has 0 bridgehead atoms. The highest BCUT2D eigenvalue weighted by Gasteiger charge is 2.11. The van der Waals surface area contributed by atoms with Crippen LogP contribution in [0.1, 0.15) is 36.6 Å². The SMILES string of the molecule is CCCC(N)C(=O)NCCc1ncc(CC)s1. The summed E-state index contributed by atoms with van der Waals surface area (Å²) in [5.74, 6) is -0.0564. The number of amides is 1. The van der Waals surface area contributed by atoms with Gasteiger partial charge in [0.2, 0.25) is 5.91 Å². The number of aromatic nitrogens is 1. The molecule has 0 aliphatic carbocycles. The van der Waals surface area contributed by atoms with E-state index in [4.69, 9.17) is 5.73 Å². The molecule has 0 aliphatic heterocycles. The van der Waals surface area contributed by atoms with Crippen LogP contribution in [0.3, 0.4) is 0 Å². The molecule has 5 heteroatoms. The lowest BCUT2D eigenvalue weighted by molar-refractivity contribution is -0.122. The van der Waals surface area contributed by atoms with Crippen LogP contribution in [0.25, 0.3) is 0 Å². The molecule has 1 aromatic heterocycles. The van der Waals surface area contributed by atoms with Crippen molar-refractivity contribution in [1.29, 1.82) is 0 Å². The first-order chi connectivity index (χ1) is 8.17. The van der Waals surface area contributed by atoms with Crippen molar-refractivity contribution in [3.63, 3.8) is 0 Å². The summed E-state index contributed by atoms with van der Waals surface area (Å²) < 4.78 is 0. The standard InChI is InChI=1S/C12H21N3OS/c1-3-5-10(13)12(16)14-7-6-11-15-8-9(4-2)17-11/h8,10H,3-7,13H2,1-2H3,(H,14,16). The number of nitrogens with two attached hydrogens (primary N) is 1. The summed E-state index contributed by atoms with van der Waals surface area (Å²) in [4.78, 5) is 17.1. The summed E-state index contributed by atoms with van der Waals surface area (Å²) >= 11 is 1.71. The third-order valence-electron chi connectivity index (χ3n) is 2.52. The molecule has 17 heavy (non-hydrogen) atoms. The second-order valence-corrected chi connectivity index (χ2v) is 5.21.